The highest BCUT2D eigenvalue weighted by Gasteiger charge is 2.20. The highest BCUT2D eigenvalue weighted by atomic mass is 16.5. The highest BCUT2D eigenvalue weighted by molar-refractivity contribution is 5.92. The molecule has 1 fully saturated rings. The van der Waals surface area contributed by atoms with Crippen LogP contribution in [-0.2, 0) is 15.9 Å². The second kappa shape index (κ2) is 9.35. The maximum Gasteiger partial charge on any atom is 0.270 e. The third-order valence-electron chi connectivity index (χ3n) is 5.60. The van der Waals surface area contributed by atoms with Crippen LogP contribution < -0.4 is 15.9 Å². The molecule has 2 aliphatic heterocycles. The van der Waals surface area contributed by atoms with Crippen molar-refractivity contribution in [1.29, 1.82) is 0 Å². The Kier molecular flexibility index (Phi) is 6.39. The minimum Gasteiger partial charge on any atom is -0.478 e. The third kappa shape index (κ3) is 4.93. The van der Waals surface area contributed by atoms with Gasteiger partial charge in [-0.25, -0.2) is 9.98 Å². The fourth-order valence-corrected chi connectivity index (χ4v) is 4.06. The van der Waals surface area contributed by atoms with E-state index in [0.29, 0.717) is 37.3 Å². The molecular formula is C23H29N3O3. The molecule has 0 bridgehead atoms. The fraction of sp³-hybridized carbons (Fsp3) is 0.522. The van der Waals surface area contributed by atoms with Crippen molar-refractivity contribution >= 4 is 24.3 Å². The molecule has 6 nitrogen and oxygen atoms in total. The number of ether oxygens (including phenoxy) is 2. The summed E-state index contributed by atoms with van der Waals surface area (Å²) in [4.78, 5) is 22.0. The number of allylic oxidation sites excluding steroid dienone is 1. The lowest BCUT2D eigenvalue weighted by molar-refractivity contribution is 0.0694. The smallest absolute Gasteiger partial charge is 0.270 e. The lowest BCUT2D eigenvalue weighted by atomic mass is 9.93. The molecule has 0 saturated carbocycles. The van der Waals surface area contributed by atoms with Gasteiger partial charge in [-0.3, -0.25) is 4.79 Å². The van der Waals surface area contributed by atoms with E-state index >= 15 is 0 Å². The van der Waals surface area contributed by atoms with Gasteiger partial charge in [0.25, 0.3) is 5.91 Å². The van der Waals surface area contributed by atoms with Gasteiger partial charge in [-0.1, -0.05) is 12.2 Å². The molecule has 29 heavy (non-hydrogen) atoms. The predicted octanol–water partition coefficient (Wildman–Crippen LogP) is 1.86. The Bertz CT molecular complexity index is 929. The molecule has 4 rings (SSSR count). The summed E-state index contributed by atoms with van der Waals surface area (Å²) >= 11 is 0. The molecule has 1 N–H and O–H groups in total. The average Bonchev–Trinajstić information content (AvgIpc) is 2.76. The first-order chi connectivity index (χ1) is 14.2. The summed E-state index contributed by atoms with van der Waals surface area (Å²) in [6.07, 6.45) is 13.9. The maximum absolute atomic E-state index is 12.9. The Morgan fingerprint density at radius 1 is 1.24 bits per heavy atom. The van der Waals surface area contributed by atoms with Crippen LogP contribution in [0.4, 0.5) is 0 Å². The van der Waals surface area contributed by atoms with Crippen molar-refractivity contribution in [3.05, 3.63) is 39.9 Å². The first kappa shape index (κ1) is 19.8. The quantitative estimate of drug-likeness (QED) is 0.798. The van der Waals surface area contributed by atoms with Crippen LogP contribution in [0.2, 0.25) is 0 Å². The maximum atomic E-state index is 12.9. The van der Waals surface area contributed by atoms with Crippen LogP contribution in [0, 0.1) is 5.92 Å². The molecule has 6 heteroatoms. The third-order valence-corrected chi connectivity index (χ3v) is 5.60. The van der Waals surface area contributed by atoms with E-state index in [2.05, 4.69) is 33.5 Å². The van der Waals surface area contributed by atoms with Crippen LogP contribution in [0.25, 0.3) is 12.2 Å². The molecule has 0 aromatic carbocycles. The molecule has 3 heterocycles. The molecule has 1 aliphatic carbocycles. The molecule has 1 aromatic heterocycles. The summed E-state index contributed by atoms with van der Waals surface area (Å²) in [5.74, 6) is 0.917. The summed E-state index contributed by atoms with van der Waals surface area (Å²) in [6.45, 7) is 4.00. The zero-order chi connectivity index (χ0) is 20.1. The van der Waals surface area contributed by atoms with Gasteiger partial charge in [-0.2, -0.15) is 0 Å². The van der Waals surface area contributed by atoms with E-state index in [4.69, 9.17) is 9.47 Å². The SMILES string of the molecule is CCOC1=CCC(Cc2cc(C(=O)NC3CCOCC3)nc3c2=CCCC=3)C=N1. The number of amides is 1. The zero-order valence-corrected chi connectivity index (χ0v) is 17.0. The summed E-state index contributed by atoms with van der Waals surface area (Å²) in [6, 6.07) is 2.14. The van der Waals surface area contributed by atoms with Crippen molar-refractivity contribution in [2.24, 2.45) is 10.9 Å². The van der Waals surface area contributed by atoms with E-state index in [9.17, 15) is 4.79 Å². The average molecular weight is 396 g/mol. The van der Waals surface area contributed by atoms with Gasteiger partial charge in [0.05, 0.1) is 12.0 Å². The van der Waals surface area contributed by atoms with Gasteiger partial charge in [0.15, 0.2) is 0 Å². The van der Waals surface area contributed by atoms with E-state index in [1.54, 1.807) is 0 Å². The number of carbonyl (C=O) groups is 1. The van der Waals surface area contributed by atoms with Crippen molar-refractivity contribution in [3.63, 3.8) is 0 Å². The molecule has 1 amide bonds. The van der Waals surface area contributed by atoms with Crippen molar-refractivity contribution in [2.75, 3.05) is 19.8 Å². The molecule has 0 spiro atoms. The number of aliphatic imine (C=N–C) groups is 1. The Hall–Kier alpha value is -2.47. The number of pyridine rings is 1. The topological polar surface area (TPSA) is 72.8 Å². The van der Waals surface area contributed by atoms with Crippen LogP contribution in [0.15, 0.2) is 23.0 Å². The molecule has 154 valence electrons. The number of aromatic nitrogens is 1. The van der Waals surface area contributed by atoms with Gasteiger partial charge < -0.3 is 14.8 Å². The van der Waals surface area contributed by atoms with E-state index in [1.807, 2.05) is 19.2 Å². The van der Waals surface area contributed by atoms with Gasteiger partial charge in [0.1, 0.15) is 5.69 Å². The first-order valence-corrected chi connectivity index (χ1v) is 10.7. The van der Waals surface area contributed by atoms with Crippen molar-refractivity contribution in [1.82, 2.24) is 10.3 Å². The molecule has 0 radical (unpaired) electrons. The monoisotopic (exact) mass is 395 g/mol. The molecule has 3 aliphatic rings. The Morgan fingerprint density at radius 3 is 2.83 bits per heavy atom. The minimum atomic E-state index is -0.0873. The zero-order valence-electron chi connectivity index (χ0n) is 17.0. The van der Waals surface area contributed by atoms with Gasteiger partial charge in [-0.15, -0.1) is 0 Å². The number of nitrogens with zero attached hydrogens (tertiary/aromatic N) is 2. The Morgan fingerprint density at radius 2 is 2.07 bits per heavy atom. The fourth-order valence-electron chi connectivity index (χ4n) is 4.06. The second-order valence-corrected chi connectivity index (χ2v) is 7.76. The largest absolute Gasteiger partial charge is 0.478 e. The molecule has 1 unspecified atom stereocenters. The van der Waals surface area contributed by atoms with E-state index in [-0.39, 0.29) is 11.9 Å². The van der Waals surface area contributed by atoms with Gasteiger partial charge >= 0.3 is 0 Å². The van der Waals surface area contributed by atoms with Crippen molar-refractivity contribution < 1.29 is 14.3 Å². The lowest BCUT2D eigenvalue weighted by Crippen LogP contribution is -2.42. The standard InChI is InChI=1S/C23H29N3O3/c1-2-29-22-8-7-16(15-24-22)13-17-14-21(26-20-6-4-3-5-19(17)20)23(27)25-18-9-11-28-12-10-18/h5-6,8,14-16,18H,2-4,7,9-13H2,1H3,(H,25,27). The Balaban J connectivity index is 1.55. The van der Waals surface area contributed by atoms with E-state index in [0.717, 1.165) is 43.9 Å². The van der Waals surface area contributed by atoms with Crippen molar-refractivity contribution in [3.8, 4) is 0 Å². The normalized spacial score (nSPS) is 21.4. The van der Waals surface area contributed by atoms with Crippen molar-refractivity contribution in [2.45, 2.75) is 51.5 Å². The summed E-state index contributed by atoms with van der Waals surface area (Å²) in [5, 5.41) is 5.24. The van der Waals surface area contributed by atoms with Gasteiger partial charge in [-0.05, 0) is 68.4 Å². The highest BCUT2D eigenvalue weighted by Crippen LogP contribution is 2.17. The number of rotatable bonds is 6. The van der Waals surface area contributed by atoms with Crippen LogP contribution >= 0.6 is 0 Å². The van der Waals surface area contributed by atoms with Crippen LogP contribution in [0.1, 0.15) is 55.1 Å². The number of fused-ring (bicyclic) bond motifs is 1. The Labute approximate surface area is 171 Å². The number of hydrogen-bond donors (Lipinski definition) is 1. The number of carbonyl (C=O) groups excluding carboxylic acids is 1. The van der Waals surface area contributed by atoms with Crippen LogP contribution in [0.5, 0.6) is 0 Å². The molecule has 1 saturated heterocycles. The van der Waals surface area contributed by atoms with Gasteiger partial charge in [0.2, 0.25) is 5.88 Å². The predicted molar refractivity (Wildman–Crippen MR) is 113 cm³/mol. The van der Waals surface area contributed by atoms with Crippen LogP contribution in [-0.4, -0.2) is 43.0 Å². The lowest BCUT2D eigenvalue weighted by Gasteiger charge is -2.23. The van der Waals surface area contributed by atoms with Crippen LogP contribution in [0.3, 0.4) is 0 Å². The number of hydrogen-bond acceptors (Lipinski definition) is 5. The second-order valence-electron chi connectivity index (χ2n) is 7.76. The summed E-state index contributed by atoms with van der Waals surface area (Å²) in [7, 11) is 0. The molecule has 1 atom stereocenters. The number of nitrogens with one attached hydrogen (secondary N) is 1. The molecular weight excluding hydrogens is 366 g/mol. The van der Waals surface area contributed by atoms with E-state index < -0.39 is 0 Å². The minimum absolute atomic E-state index is 0.0873. The van der Waals surface area contributed by atoms with Gasteiger partial charge in [0, 0.05) is 31.4 Å². The summed E-state index contributed by atoms with van der Waals surface area (Å²) < 4.78 is 10.9. The first-order valence-electron chi connectivity index (χ1n) is 10.7. The summed E-state index contributed by atoms with van der Waals surface area (Å²) in [5.41, 5.74) is 1.68. The molecule has 1 aromatic rings. The van der Waals surface area contributed by atoms with E-state index in [1.165, 1.54) is 10.8 Å².